The van der Waals surface area contributed by atoms with Crippen molar-refractivity contribution in [3.05, 3.63) is 52.3 Å². The highest BCUT2D eigenvalue weighted by Crippen LogP contribution is 2.46. The monoisotopic (exact) mass is 583 g/mol. The fraction of sp³-hybridized carbons (Fsp3) is 0.419. The highest BCUT2D eigenvalue weighted by atomic mass is 32.1. The predicted octanol–water partition coefficient (Wildman–Crippen LogP) is 5.51. The molecular weight excluding hydrogens is 550 g/mol. The molecule has 1 aliphatic heterocycles. The summed E-state index contributed by atoms with van der Waals surface area (Å²) in [5.41, 5.74) is 3.80. The minimum absolute atomic E-state index is 0.134. The summed E-state index contributed by atoms with van der Waals surface area (Å²) in [6.45, 7) is 6.25. The van der Waals surface area contributed by atoms with E-state index in [1.54, 1.807) is 29.4 Å². The SMILES string of the molecule is Cc1cc(CC(C)C)ncc1N1C(=O)Nc2c(C(=O)NC3CCCC3NC(=O)/C(C#N)=C/C3CC3)sc3nccc1c23. The summed E-state index contributed by atoms with van der Waals surface area (Å²) in [6.07, 6.45) is 10.2. The van der Waals surface area contributed by atoms with Crippen molar-refractivity contribution in [2.75, 3.05) is 10.2 Å². The van der Waals surface area contributed by atoms with Crippen molar-refractivity contribution < 1.29 is 14.4 Å². The Morgan fingerprint density at radius 3 is 2.64 bits per heavy atom. The number of urea groups is 1. The van der Waals surface area contributed by atoms with Crippen LogP contribution in [0.5, 0.6) is 0 Å². The molecule has 2 atom stereocenters. The largest absolute Gasteiger partial charge is 0.347 e. The number of carbonyl (C=O) groups is 3. The molecular formula is C31H33N7O3S. The van der Waals surface area contributed by atoms with Crippen LogP contribution in [0.4, 0.5) is 21.9 Å². The number of allylic oxidation sites excluding steroid dienone is 1. The van der Waals surface area contributed by atoms with Gasteiger partial charge in [-0.1, -0.05) is 19.9 Å². The number of aromatic nitrogens is 2. The summed E-state index contributed by atoms with van der Waals surface area (Å²) in [6, 6.07) is 4.86. The normalized spacial score (nSPS) is 20.0. The Morgan fingerprint density at radius 1 is 1.19 bits per heavy atom. The molecule has 2 aliphatic carbocycles. The van der Waals surface area contributed by atoms with Gasteiger partial charge in [-0.3, -0.25) is 19.5 Å². The number of rotatable bonds is 8. The number of nitrogens with one attached hydrogen (secondary N) is 3. The summed E-state index contributed by atoms with van der Waals surface area (Å²) in [5.74, 6) is 0.0525. The lowest BCUT2D eigenvalue weighted by Crippen LogP contribution is -2.48. The molecule has 3 aromatic rings. The molecule has 4 heterocycles. The van der Waals surface area contributed by atoms with Crippen LogP contribution in [-0.2, 0) is 11.2 Å². The number of anilines is 3. The van der Waals surface area contributed by atoms with Gasteiger partial charge in [0, 0.05) is 24.0 Å². The summed E-state index contributed by atoms with van der Waals surface area (Å²) >= 11 is 1.22. The molecule has 2 fully saturated rings. The van der Waals surface area contributed by atoms with Crippen molar-refractivity contribution in [2.45, 2.75) is 71.4 Å². The third kappa shape index (κ3) is 5.34. The maximum absolute atomic E-state index is 13.6. The fourth-order valence-corrected chi connectivity index (χ4v) is 6.82. The third-order valence-corrected chi connectivity index (χ3v) is 9.09. The molecule has 0 spiro atoms. The van der Waals surface area contributed by atoms with Crippen LogP contribution in [0.1, 0.15) is 66.9 Å². The second-order valence-electron chi connectivity index (χ2n) is 11.8. The molecule has 0 saturated heterocycles. The van der Waals surface area contributed by atoms with E-state index in [4.69, 9.17) is 0 Å². The molecule has 4 amide bonds. The number of hydrogen-bond acceptors (Lipinski definition) is 7. The lowest BCUT2D eigenvalue weighted by molar-refractivity contribution is -0.117. The molecule has 10 nitrogen and oxygen atoms in total. The Balaban J connectivity index is 1.25. The number of amides is 4. The van der Waals surface area contributed by atoms with Crippen molar-refractivity contribution in [2.24, 2.45) is 11.8 Å². The van der Waals surface area contributed by atoms with Gasteiger partial charge in [0.2, 0.25) is 0 Å². The summed E-state index contributed by atoms with van der Waals surface area (Å²) in [7, 11) is 0. The van der Waals surface area contributed by atoms with E-state index in [0.29, 0.717) is 56.8 Å². The van der Waals surface area contributed by atoms with E-state index in [-0.39, 0.29) is 29.6 Å². The van der Waals surface area contributed by atoms with E-state index in [0.717, 1.165) is 36.9 Å². The van der Waals surface area contributed by atoms with Gasteiger partial charge in [0.25, 0.3) is 11.8 Å². The van der Waals surface area contributed by atoms with E-state index in [9.17, 15) is 19.6 Å². The van der Waals surface area contributed by atoms with Gasteiger partial charge in [-0.25, -0.2) is 9.78 Å². The second kappa shape index (κ2) is 11.2. The van der Waals surface area contributed by atoms with E-state index in [1.807, 2.05) is 19.1 Å². The van der Waals surface area contributed by atoms with E-state index in [1.165, 1.54) is 11.3 Å². The first-order chi connectivity index (χ1) is 20.2. The van der Waals surface area contributed by atoms with E-state index >= 15 is 0 Å². The lowest BCUT2D eigenvalue weighted by Gasteiger charge is -2.29. The van der Waals surface area contributed by atoms with Crippen molar-refractivity contribution in [1.82, 2.24) is 20.6 Å². The molecule has 2 saturated carbocycles. The molecule has 0 bridgehead atoms. The van der Waals surface area contributed by atoms with Crippen LogP contribution in [0.2, 0.25) is 0 Å². The molecule has 6 rings (SSSR count). The Kier molecular flexibility index (Phi) is 7.41. The van der Waals surface area contributed by atoms with Gasteiger partial charge >= 0.3 is 6.03 Å². The van der Waals surface area contributed by atoms with Crippen LogP contribution >= 0.6 is 11.3 Å². The van der Waals surface area contributed by atoms with Gasteiger partial charge < -0.3 is 16.0 Å². The Hall–Kier alpha value is -4.30. The molecule has 0 aromatic carbocycles. The fourth-order valence-electron chi connectivity index (χ4n) is 5.80. The Morgan fingerprint density at radius 2 is 1.95 bits per heavy atom. The second-order valence-corrected chi connectivity index (χ2v) is 12.8. The molecule has 3 aromatic heterocycles. The van der Waals surface area contributed by atoms with Gasteiger partial charge in [0.05, 0.1) is 28.6 Å². The zero-order valence-corrected chi connectivity index (χ0v) is 24.7. The van der Waals surface area contributed by atoms with E-state index < -0.39 is 5.91 Å². The zero-order valence-electron chi connectivity index (χ0n) is 23.9. The van der Waals surface area contributed by atoms with E-state index in [2.05, 4.69) is 39.8 Å². The first-order valence-electron chi connectivity index (χ1n) is 14.4. The van der Waals surface area contributed by atoms with Crippen molar-refractivity contribution in [3.8, 4) is 6.07 Å². The Bertz CT molecular complexity index is 1670. The smallest absolute Gasteiger partial charge is 0.331 e. The average molecular weight is 584 g/mol. The van der Waals surface area contributed by atoms with Crippen molar-refractivity contribution in [1.29, 1.82) is 5.26 Å². The topological polar surface area (TPSA) is 140 Å². The molecule has 3 aliphatic rings. The zero-order chi connectivity index (χ0) is 29.5. The minimum Gasteiger partial charge on any atom is -0.347 e. The summed E-state index contributed by atoms with van der Waals surface area (Å²) < 4.78 is 0. The third-order valence-electron chi connectivity index (χ3n) is 7.99. The molecule has 42 heavy (non-hydrogen) atoms. The number of nitriles is 1. The number of aryl methyl sites for hydroxylation is 1. The number of pyridine rings is 2. The molecule has 0 radical (unpaired) electrons. The Labute approximate surface area is 248 Å². The van der Waals surface area contributed by atoms with Crippen LogP contribution in [0.15, 0.2) is 36.2 Å². The molecule has 11 heteroatoms. The number of nitrogens with zero attached hydrogens (tertiary/aromatic N) is 4. The average Bonchev–Trinajstić information content (AvgIpc) is 3.55. The molecule has 3 N–H and O–H groups in total. The van der Waals surface area contributed by atoms with Crippen molar-refractivity contribution >= 4 is 56.5 Å². The van der Waals surface area contributed by atoms with Crippen molar-refractivity contribution in [3.63, 3.8) is 0 Å². The molecule has 216 valence electrons. The number of hydrogen-bond donors (Lipinski definition) is 3. The van der Waals surface area contributed by atoms with Crippen LogP contribution in [0.25, 0.3) is 10.2 Å². The van der Waals surface area contributed by atoms with Gasteiger partial charge in [0.15, 0.2) is 0 Å². The van der Waals surface area contributed by atoms with Gasteiger partial charge in [0.1, 0.15) is 21.3 Å². The minimum atomic E-state index is -0.393. The van der Waals surface area contributed by atoms with Gasteiger partial charge in [-0.05, 0) is 75.0 Å². The first kappa shape index (κ1) is 27.8. The van der Waals surface area contributed by atoms with Crippen LogP contribution in [0, 0.1) is 30.1 Å². The van der Waals surface area contributed by atoms with Crippen LogP contribution in [0.3, 0.4) is 0 Å². The first-order valence-corrected chi connectivity index (χ1v) is 15.3. The molecule has 2 unspecified atom stereocenters. The lowest BCUT2D eigenvalue weighted by atomic mass is 10.0. The number of carbonyl (C=O) groups excluding carboxylic acids is 3. The quantitative estimate of drug-likeness (QED) is 0.236. The summed E-state index contributed by atoms with van der Waals surface area (Å²) in [4.78, 5) is 51.6. The predicted molar refractivity (Wildman–Crippen MR) is 162 cm³/mol. The van der Waals surface area contributed by atoms with Crippen LogP contribution < -0.4 is 20.9 Å². The summed E-state index contributed by atoms with van der Waals surface area (Å²) in [5, 5.41) is 19.1. The highest BCUT2D eigenvalue weighted by molar-refractivity contribution is 7.21. The van der Waals surface area contributed by atoms with Gasteiger partial charge in [-0.2, -0.15) is 5.26 Å². The standard InChI is InChI=1S/C31H33N7O3S/c1-16(2)11-20-12-17(3)24(15-34-20)38-23-9-10-33-30-25(23)26(37-31(38)41)27(42-30)29(40)36-22-6-4-5-21(22)35-28(39)19(14-32)13-18-7-8-18/h9-10,12-13,15-16,18,21-22H,4-8,11H2,1-3H3,(H,35,39)(H,36,40)(H,37,41)/b19-13+. The van der Waals surface area contributed by atoms with Crippen LogP contribution in [-0.4, -0.2) is 39.9 Å². The maximum atomic E-state index is 13.6. The highest BCUT2D eigenvalue weighted by Gasteiger charge is 2.36. The van der Waals surface area contributed by atoms with Gasteiger partial charge in [-0.15, -0.1) is 11.3 Å². The number of thiophene rings is 1. The maximum Gasteiger partial charge on any atom is 0.331 e.